The van der Waals surface area contributed by atoms with E-state index in [-0.39, 0.29) is 0 Å². The summed E-state index contributed by atoms with van der Waals surface area (Å²) in [6, 6.07) is 12.7. The number of aryl methyl sites for hydroxylation is 1. The Bertz CT molecular complexity index is 1530. The van der Waals surface area contributed by atoms with Gasteiger partial charge in [-0.3, -0.25) is 0 Å². The number of carbonyl (C=O) groups is 1. The third kappa shape index (κ3) is 4.63. The first-order valence-electron chi connectivity index (χ1n) is 11.0. The van der Waals surface area contributed by atoms with Gasteiger partial charge in [0.05, 0.1) is 17.8 Å². The SMILES string of the molecule is Cc1ccc(NC(=O)N2N=CCC2c2ccc(C(F)(F)F)cc2)cc1C#Cc1cnc2cccnn12. The van der Waals surface area contributed by atoms with Crippen LogP contribution in [0.1, 0.15) is 40.4 Å². The Morgan fingerprint density at radius 3 is 2.69 bits per heavy atom. The van der Waals surface area contributed by atoms with Crippen LogP contribution in [0.3, 0.4) is 0 Å². The molecule has 1 aliphatic heterocycles. The molecule has 4 aromatic rings. The molecule has 180 valence electrons. The number of nitrogens with zero attached hydrogens (tertiary/aromatic N) is 5. The van der Waals surface area contributed by atoms with Crippen molar-refractivity contribution in [1.82, 2.24) is 19.6 Å². The van der Waals surface area contributed by atoms with E-state index in [1.165, 1.54) is 17.1 Å². The largest absolute Gasteiger partial charge is 0.416 e. The minimum absolute atomic E-state index is 0.400. The van der Waals surface area contributed by atoms with Crippen LogP contribution in [-0.4, -0.2) is 31.9 Å². The van der Waals surface area contributed by atoms with Crippen LogP contribution in [0, 0.1) is 18.8 Å². The van der Waals surface area contributed by atoms with E-state index in [1.54, 1.807) is 41.3 Å². The highest BCUT2D eigenvalue weighted by Crippen LogP contribution is 2.33. The fourth-order valence-electron chi connectivity index (χ4n) is 3.84. The van der Waals surface area contributed by atoms with Gasteiger partial charge in [0.2, 0.25) is 0 Å². The van der Waals surface area contributed by atoms with E-state index in [4.69, 9.17) is 0 Å². The van der Waals surface area contributed by atoms with Crippen molar-refractivity contribution in [2.45, 2.75) is 25.6 Å². The molecule has 10 heteroatoms. The molecule has 2 aromatic carbocycles. The van der Waals surface area contributed by atoms with Crippen molar-refractivity contribution < 1.29 is 18.0 Å². The van der Waals surface area contributed by atoms with Crippen molar-refractivity contribution in [1.29, 1.82) is 0 Å². The van der Waals surface area contributed by atoms with E-state index in [0.717, 1.165) is 17.7 Å². The van der Waals surface area contributed by atoms with E-state index >= 15 is 0 Å². The summed E-state index contributed by atoms with van der Waals surface area (Å²) in [7, 11) is 0. The topological polar surface area (TPSA) is 74.9 Å². The maximum Gasteiger partial charge on any atom is 0.416 e. The van der Waals surface area contributed by atoms with Gasteiger partial charge in [-0.15, -0.1) is 0 Å². The van der Waals surface area contributed by atoms with Gasteiger partial charge in [0.1, 0.15) is 5.69 Å². The van der Waals surface area contributed by atoms with Crippen LogP contribution in [0.5, 0.6) is 0 Å². The van der Waals surface area contributed by atoms with Gasteiger partial charge in [-0.1, -0.05) is 24.1 Å². The summed E-state index contributed by atoms with van der Waals surface area (Å²) < 4.78 is 40.3. The number of hydrazone groups is 1. The van der Waals surface area contributed by atoms with Crippen molar-refractivity contribution in [3.8, 4) is 11.8 Å². The van der Waals surface area contributed by atoms with Crippen molar-refractivity contribution >= 4 is 23.6 Å². The number of fused-ring (bicyclic) bond motifs is 1. The number of hydrogen-bond acceptors (Lipinski definition) is 4. The summed E-state index contributed by atoms with van der Waals surface area (Å²) in [5, 5.41) is 12.4. The first kappa shape index (κ1) is 23.1. The Hall–Kier alpha value is -4.65. The van der Waals surface area contributed by atoms with Crippen molar-refractivity contribution in [3.63, 3.8) is 0 Å². The molecule has 0 saturated carbocycles. The molecule has 0 aliphatic carbocycles. The molecule has 3 heterocycles. The fraction of sp³-hybridized carbons (Fsp3) is 0.154. The smallest absolute Gasteiger partial charge is 0.306 e. The first-order chi connectivity index (χ1) is 17.3. The highest BCUT2D eigenvalue weighted by Gasteiger charge is 2.32. The Kier molecular flexibility index (Phi) is 5.90. The average Bonchev–Trinajstić information content (AvgIpc) is 3.51. The van der Waals surface area contributed by atoms with Crippen molar-refractivity contribution in [2.24, 2.45) is 5.10 Å². The molecule has 1 aliphatic rings. The number of aromatic nitrogens is 3. The molecule has 0 spiro atoms. The van der Waals surface area contributed by atoms with E-state index in [2.05, 4.69) is 32.3 Å². The van der Waals surface area contributed by atoms with Crippen LogP contribution >= 0.6 is 0 Å². The number of benzene rings is 2. The third-order valence-corrected chi connectivity index (χ3v) is 5.75. The molecule has 0 saturated heterocycles. The molecule has 5 rings (SSSR count). The summed E-state index contributed by atoms with van der Waals surface area (Å²) >= 11 is 0. The van der Waals surface area contributed by atoms with Gasteiger partial charge in [-0.25, -0.2) is 19.3 Å². The Morgan fingerprint density at radius 1 is 1.11 bits per heavy atom. The lowest BCUT2D eigenvalue weighted by Crippen LogP contribution is -2.31. The summed E-state index contributed by atoms with van der Waals surface area (Å²) in [4.78, 5) is 17.2. The lowest BCUT2D eigenvalue weighted by molar-refractivity contribution is -0.137. The molecule has 0 bridgehead atoms. The molecule has 2 aromatic heterocycles. The number of urea groups is 1. The molecule has 1 N–H and O–H groups in total. The number of halogens is 3. The van der Waals surface area contributed by atoms with Crippen molar-refractivity contribution in [2.75, 3.05) is 5.32 Å². The van der Waals surface area contributed by atoms with Gasteiger partial charge in [0, 0.05) is 30.1 Å². The molecule has 1 atom stereocenters. The lowest BCUT2D eigenvalue weighted by Gasteiger charge is -2.23. The number of imidazole rings is 1. The number of anilines is 1. The van der Waals surface area contributed by atoms with E-state index in [0.29, 0.717) is 34.6 Å². The second-order valence-electron chi connectivity index (χ2n) is 8.16. The predicted molar refractivity (Wildman–Crippen MR) is 128 cm³/mol. The van der Waals surface area contributed by atoms with E-state index in [1.807, 2.05) is 19.1 Å². The van der Waals surface area contributed by atoms with Crippen LogP contribution < -0.4 is 5.32 Å². The summed E-state index contributed by atoms with van der Waals surface area (Å²) in [5.74, 6) is 6.17. The van der Waals surface area contributed by atoms with Gasteiger partial charge in [0.25, 0.3) is 0 Å². The number of amides is 2. The van der Waals surface area contributed by atoms with Gasteiger partial charge in [-0.2, -0.15) is 23.4 Å². The van der Waals surface area contributed by atoms with Gasteiger partial charge >= 0.3 is 12.2 Å². The lowest BCUT2D eigenvalue weighted by atomic mass is 10.0. The minimum Gasteiger partial charge on any atom is -0.306 e. The first-order valence-corrected chi connectivity index (χ1v) is 11.0. The number of carbonyl (C=O) groups excluding carboxylic acids is 1. The molecule has 2 amide bonds. The standard InChI is InChI=1S/C26H19F3N6O/c1-17-4-10-21(15-19(17)7-11-22-16-30-24-3-2-13-31-34(22)24)33-25(36)35-23(12-14-32-35)18-5-8-20(9-6-18)26(27,28)29/h2-6,8-10,13-16,23H,12H2,1H3,(H,33,36). The number of rotatable bonds is 2. The van der Waals surface area contributed by atoms with Crippen molar-refractivity contribution in [3.05, 3.63) is 94.9 Å². The zero-order valence-corrected chi connectivity index (χ0v) is 19.0. The molecule has 0 radical (unpaired) electrons. The highest BCUT2D eigenvalue weighted by molar-refractivity contribution is 5.91. The summed E-state index contributed by atoms with van der Waals surface area (Å²) in [6.45, 7) is 1.91. The van der Waals surface area contributed by atoms with Crippen LogP contribution in [0.25, 0.3) is 5.65 Å². The Balaban J connectivity index is 1.33. The predicted octanol–water partition coefficient (Wildman–Crippen LogP) is 5.42. The second kappa shape index (κ2) is 9.19. The molecule has 0 fully saturated rings. The number of nitrogens with one attached hydrogen (secondary N) is 1. The summed E-state index contributed by atoms with van der Waals surface area (Å²) in [5.41, 5.74) is 3.28. The molecule has 7 nitrogen and oxygen atoms in total. The maximum absolute atomic E-state index is 13.0. The zero-order chi connectivity index (χ0) is 25.3. The molecular formula is C26H19F3N6O. The normalized spacial score (nSPS) is 15.1. The van der Waals surface area contributed by atoms with Crippen LogP contribution in [0.4, 0.5) is 23.7 Å². The van der Waals surface area contributed by atoms with Crippen LogP contribution in [-0.2, 0) is 6.18 Å². The minimum atomic E-state index is -4.42. The number of alkyl halides is 3. The molecule has 1 unspecified atom stereocenters. The highest BCUT2D eigenvalue weighted by atomic mass is 19.4. The quantitative estimate of drug-likeness (QED) is 0.383. The second-order valence-corrected chi connectivity index (χ2v) is 8.16. The molecule has 36 heavy (non-hydrogen) atoms. The maximum atomic E-state index is 13.0. The Labute approximate surface area is 204 Å². The monoisotopic (exact) mass is 488 g/mol. The van der Waals surface area contributed by atoms with Gasteiger partial charge in [0.15, 0.2) is 5.65 Å². The van der Waals surface area contributed by atoms with Crippen LogP contribution in [0.15, 0.2) is 72.1 Å². The Morgan fingerprint density at radius 2 is 1.92 bits per heavy atom. The molecular weight excluding hydrogens is 469 g/mol. The van der Waals surface area contributed by atoms with E-state index < -0.39 is 23.8 Å². The van der Waals surface area contributed by atoms with Gasteiger partial charge < -0.3 is 5.32 Å². The fourth-order valence-corrected chi connectivity index (χ4v) is 3.84. The zero-order valence-electron chi connectivity index (χ0n) is 19.0. The van der Waals surface area contributed by atoms with Gasteiger partial charge in [-0.05, 0) is 60.4 Å². The number of hydrogen-bond donors (Lipinski definition) is 1. The third-order valence-electron chi connectivity index (χ3n) is 5.75. The van der Waals surface area contributed by atoms with Crippen LogP contribution in [0.2, 0.25) is 0 Å². The summed E-state index contributed by atoms with van der Waals surface area (Å²) in [6.07, 6.45) is 0.840. The van der Waals surface area contributed by atoms with E-state index in [9.17, 15) is 18.0 Å². The average molecular weight is 488 g/mol.